The van der Waals surface area contributed by atoms with E-state index in [0.29, 0.717) is 29.7 Å². The Bertz CT molecular complexity index is 918. The van der Waals surface area contributed by atoms with Gasteiger partial charge in [-0.1, -0.05) is 11.6 Å². The zero-order valence-corrected chi connectivity index (χ0v) is 16.5. The van der Waals surface area contributed by atoms with E-state index < -0.39 is 0 Å². The Balaban J connectivity index is 1.53. The standard InChI is InChI=1S/C20H22ClN3O4/c1-3-24-18(17(21)11-23-24)12-22-20(25)19-10-9-16(28-19)13-27-15-7-5-14(6-8-15)26-4-2/h5-11H,3-4,12-13H2,1-2H3,(H,22,25). The molecule has 148 valence electrons. The first-order valence-electron chi connectivity index (χ1n) is 9.03. The van der Waals surface area contributed by atoms with Crippen molar-refractivity contribution in [1.82, 2.24) is 15.1 Å². The molecule has 1 amide bonds. The Morgan fingerprint density at radius 1 is 1.14 bits per heavy atom. The van der Waals surface area contributed by atoms with Crippen LogP contribution in [0.4, 0.5) is 0 Å². The number of ether oxygens (including phenoxy) is 2. The second kappa shape index (κ2) is 9.32. The van der Waals surface area contributed by atoms with Crippen LogP contribution < -0.4 is 14.8 Å². The molecule has 0 bridgehead atoms. The quantitative estimate of drug-likeness (QED) is 0.583. The fourth-order valence-electron chi connectivity index (χ4n) is 2.62. The van der Waals surface area contributed by atoms with Crippen LogP contribution in [-0.2, 0) is 19.7 Å². The fourth-order valence-corrected chi connectivity index (χ4v) is 2.83. The molecule has 28 heavy (non-hydrogen) atoms. The Hall–Kier alpha value is -2.93. The number of carbonyl (C=O) groups excluding carboxylic acids is 1. The van der Waals surface area contributed by atoms with Crippen molar-refractivity contribution >= 4 is 17.5 Å². The van der Waals surface area contributed by atoms with Gasteiger partial charge in [-0.3, -0.25) is 9.48 Å². The van der Waals surface area contributed by atoms with E-state index in [0.717, 1.165) is 11.4 Å². The van der Waals surface area contributed by atoms with E-state index in [2.05, 4.69) is 10.4 Å². The number of carbonyl (C=O) groups is 1. The first-order chi connectivity index (χ1) is 13.6. The van der Waals surface area contributed by atoms with Gasteiger partial charge in [0.15, 0.2) is 5.76 Å². The molecule has 3 aromatic rings. The third kappa shape index (κ3) is 4.86. The molecule has 0 unspecified atom stereocenters. The highest BCUT2D eigenvalue weighted by Gasteiger charge is 2.14. The predicted octanol–water partition coefficient (Wildman–Crippen LogP) is 4.06. The van der Waals surface area contributed by atoms with Crippen LogP contribution in [0.1, 0.15) is 35.9 Å². The first-order valence-corrected chi connectivity index (χ1v) is 9.41. The molecule has 0 saturated carbocycles. The summed E-state index contributed by atoms with van der Waals surface area (Å²) in [5.74, 6) is 1.91. The maximum Gasteiger partial charge on any atom is 0.287 e. The van der Waals surface area contributed by atoms with Crippen LogP contribution in [0.2, 0.25) is 5.02 Å². The van der Waals surface area contributed by atoms with Gasteiger partial charge in [0.05, 0.1) is 30.1 Å². The summed E-state index contributed by atoms with van der Waals surface area (Å²) < 4.78 is 18.4. The SMILES string of the molecule is CCOc1ccc(OCc2ccc(C(=O)NCc3c(Cl)cnn3CC)o2)cc1. The third-order valence-corrected chi connectivity index (χ3v) is 4.33. The van der Waals surface area contributed by atoms with Gasteiger partial charge in [-0.05, 0) is 50.2 Å². The topological polar surface area (TPSA) is 78.5 Å². The van der Waals surface area contributed by atoms with Crippen LogP contribution in [0.3, 0.4) is 0 Å². The molecule has 0 saturated heterocycles. The number of rotatable bonds is 9. The van der Waals surface area contributed by atoms with Gasteiger partial charge >= 0.3 is 0 Å². The van der Waals surface area contributed by atoms with Crippen LogP contribution in [0, 0.1) is 0 Å². The van der Waals surface area contributed by atoms with Crippen LogP contribution in [0.5, 0.6) is 11.5 Å². The number of hydrogen-bond donors (Lipinski definition) is 1. The lowest BCUT2D eigenvalue weighted by molar-refractivity contribution is 0.0918. The third-order valence-electron chi connectivity index (χ3n) is 4.01. The summed E-state index contributed by atoms with van der Waals surface area (Å²) in [5.41, 5.74) is 0.753. The second-order valence-electron chi connectivity index (χ2n) is 5.90. The summed E-state index contributed by atoms with van der Waals surface area (Å²) in [7, 11) is 0. The van der Waals surface area contributed by atoms with Gasteiger partial charge in [-0.15, -0.1) is 0 Å². The van der Waals surface area contributed by atoms with Crippen LogP contribution in [0.15, 0.2) is 47.0 Å². The minimum Gasteiger partial charge on any atom is -0.494 e. The zero-order valence-electron chi connectivity index (χ0n) is 15.8. The van der Waals surface area contributed by atoms with Crippen LogP contribution in [0.25, 0.3) is 0 Å². The number of amides is 1. The van der Waals surface area contributed by atoms with Crippen LogP contribution in [-0.4, -0.2) is 22.3 Å². The fraction of sp³-hybridized carbons (Fsp3) is 0.300. The monoisotopic (exact) mass is 403 g/mol. The van der Waals surface area contributed by atoms with E-state index >= 15 is 0 Å². The average Bonchev–Trinajstić information content (AvgIpc) is 3.32. The molecule has 0 spiro atoms. The van der Waals surface area contributed by atoms with Crippen molar-refractivity contribution in [1.29, 1.82) is 0 Å². The highest BCUT2D eigenvalue weighted by Crippen LogP contribution is 2.19. The van der Waals surface area contributed by atoms with Gasteiger partial charge < -0.3 is 19.2 Å². The van der Waals surface area contributed by atoms with Gasteiger partial charge in [0, 0.05) is 6.54 Å². The molecule has 0 aliphatic heterocycles. The lowest BCUT2D eigenvalue weighted by atomic mass is 10.3. The Labute approximate surface area is 168 Å². The minimum atomic E-state index is -0.327. The summed E-state index contributed by atoms with van der Waals surface area (Å²) in [4.78, 5) is 12.3. The molecule has 7 nitrogen and oxygen atoms in total. The number of hydrogen-bond acceptors (Lipinski definition) is 5. The number of aromatic nitrogens is 2. The average molecular weight is 404 g/mol. The Kier molecular flexibility index (Phi) is 6.60. The lowest BCUT2D eigenvalue weighted by Crippen LogP contribution is -2.24. The number of halogens is 1. The molecule has 2 aromatic heterocycles. The first kappa shape index (κ1) is 19.8. The van der Waals surface area contributed by atoms with Crippen molar-refractivity contribution in [3.05, 3.63) is 64.8 Å². The van der Waals surface area contributed by atoms with Gasteiger partial charge in [0.2, 0.25) is 0 Å². The van der Waals surface area contributed by atoms with E-state index in [9.17, 15) is 4.79 Å². The molecule has 1 N–H and O–H groups in total. The number of furan rings is 1. The van der Waals surface area contributed by atoms with E-state index in [1.165, 1.54) is 0 Å². The summed E-state index contributed by atoms with van der Waals surface area (Å²) in [6.45, 7) is 5.66. The van der Waals surface area contributed by atoms with Crippen molar-refractivity contribution in [2.24, 2.45) is 0 Å². The number of nitrogens with one attached hydrogen (secondary N) is 1. The highest BCUT2D eigenvalue weighted by atomic mass is 35.5. The molecule has 0 fully saturated rings. The molecular weight excluding hydrogens is 382 g/mol. The van der Waals surface area contributed by atoms with E-state index in [4.69, 9.17) is 25.5 Å². The molecule has 0 atom stereocenters. The molecule has 0 aliphatic rings. The van der Waals surface area contributed by atoms with Crippen molar-refractivity contribution in [2.75, 3.05) is 6.61 Å². The molecule has 3 rings (SSSR count). The molecule has 8 heteroatoms. The molecule has 2 heterocycles. The van der Waals surface area contributed by atoms with E-state index in [1.54, 1.807) is 23.0 Å². The smallest absolute Gasteiger partial charge is 0.287 e. The van der Waals surface area contributed by atoms with Crippen LogP contribution >= 0.6 is 11.6 Å². The van der Waals surface area contributed by atoms with Gasteiger partial charge in [-0.25, -0.2) is 0 Å². The molecule has 0 radical (unpaired) electrons. The van der Waals surface area contributed by atoms with Crippen molar-refractivity contribution < 1.29 is 18.7 Å². The second-order valence-corrected chi connectivity index (χ2v) is 6.30. The maximum absolute atomic E-state index is 12.3. The van der Waals surface area contributed by atoms with E-state index in [1.807, 2.05) is 38.1 Å². The Morgan fingerprint density at radius 3 is 2.54 bits per heavy atom. The maximum atomic E-state index is 12.3. The lowest BCUT2D eigenvalue weighted by Gasteiger charge is -2.07. The number of aryl methyl sites for hydroxylation is 1. The predicted molar refractivity (Wildman–Crippen MR) is 105 cm³/mol. The number of nitrogens with zero attached hydrogens (tertiary/aromatic N) is 2. The van der Waals surface area contributed by atoms with Crippen molar-refractivity contribution in [2.45, 2.75) is 33.5 Å². The van der Waals surface area contributed by atoms with Crippen molar-refractivity contribution in [3.63, 3.8) is 0 Å². The summed E-state index contributed by atoms with van der Waals surface area (Å²) in [6.07, 6.45) is 1.57. The highest BCUT2D eigenvalue weighted by molar-refractivity contribution is 6.31. The molecule has 1 aromatic carbocycles. The van der Waals surface area contributed by atoms with Gasteiger partial charge in [0.1, 0.15) is 23.9 Å². The molecule has 0 aliphatic carbocycles. The minimum absolute atomic E-state index is 0.212. The van der Waals surface area contributed by atoms with Gasteiger partial charge in [-0.2, -0.15) is 5.10 Å². The summed E-state index contributed by atoms with van der Waals surface area (Å²) in [6, 6.07) is 10.7. The Morgan fingerprint density at radius 2 is 1.86 bits per heavy atom. The van der Waals surface area contributed by atoms with Crippen molar-refractivity contribution in [3.8, 4) is 11.5 Å². The normalized spacial score (nSPS) is 10.7. The molecular formula is C20H22ClN3O4. The number of benzene rings is 1. The largest absolute Gasteiger partial charge is 0.494 e. The summed E-state index contributed by atoms with van der Waals surface area (Å²) >= 11 is 6.10. The van der Waals surface area contributed by atoms with E-state index in [-0.39, 0.29) is 24.8 Å². The summed E-state index contributed by atoms with van der Waals surface area (Å²) in [5, 5.41) is 7.45. The zero-order chi connectivity index (χ0) is 19.9. The van der Waals surface area contributed by atoms with Gasteiger partial charge in [0.25, 0.3) is 5.91 Å².